The summed E-state index contributed by atoms with van der Waals surface area (Å²) in [5.74, 6) is 0.862. The Morgan fingerprint density at radius 2 is 2.40 bits per heavy atom. The quantitative estimate of drug-likeness (QED) is 0.780. The van der Waals surface area contributed by atoms with E-state index in [0.717, 1.165) is 23.4 Å². The lowest BCUT2D eigenvalue weighted by Crippen LogP contribution is -2.01. The van der Waals surface area contributed by atoms with Crippen molar-refractivity contribution in [3.63, 3.8) is 0 Å². The summed E-state index contributed by atoms with van der Waals surface area (Å²) >= 11 is 5.82. The van der Waals surface area contributed by atoms with Gasteiger partial charge in [-0.05, 0) is 6.07 Å². The minimum atomic E-state index is 0.272. The van der Waals surface area contributed by atoms with Crippen molar-refractivity contribution in [2.75, 3.05) is 0 Å². The van der Waals surface area contributed by atoms with Crippen LogP contribution in [0.5, 0.6) is 0 Å². The molecule has 0 aliphatic heterocycles. The first kappa shape index (κ1) is 9.94. The fraction of sp³-hybridized carbons (Fsp3) is 0.300. The van der Waals surface area contributed by atoms with Crippen LogP contribution in [0.4, 0.5) is 0 Å². The monoisotopic (exact) mass is 220 g/mol. The minimum Gasteiger partial charge on any atom is -0.299 e. The first-order valence-corrected chi connectivity index (χ1v) is 5.01. The van der Waals surface area contributed by atoms with Crippen LogP contribution >= 0.6 is 11.6 Å². The number of pyridine rings is 1. The number of nitrogens with zero attached hydrogens (tertiary/aromatic N) is 4. The van der Waals surface area contributed by atoms with Gasteiger partial charge in [0.25, 0.3) is 0 Å². The van der Waals surface area contributed by atoms with Gasteiger partial charge in [0, 0.05) is 12.6 Å². The van der Waals surface area contributed by atoms with E-state index < -0.39 is 0 Å². The van der Waals surface area contributed by atoms with Gasteiger partial charge in [-0.2, -0.15) is 5.26 Å². The van der Waals surface area contributed by atoms with Crippen LogP contribution in [-0.2, 0) is 13.0 Å². The zero-order valence-electron chi connectivity index (χ0n) is 8.24. The summed E-state index contributed by atoms with van der Waals surface area (Å²) in [6, 6.07) is 3.86. The normalized spacial score (nSPS) is 10.5. The number of halogens is 1. The number of hydrogen-bond acceptors (Lipinski definition) is 3. The molecule has 2 aromatic rings. The van der Waals surface area contributed by atoms with E-state index in [4.69, 9.17) is 16.9 Å². The van der Waals surface area contributed by atoms with E-state index in [1.165, 1.54) is 0 Å². The molecular weight excluding hydrogens is 212 g/mol. The van der Waals surface area contributed by atoms with Crippen molar-refractivity contribution in [1.82, 2.24) is 14.5 Å². The van der Waals surface area contributed by atoms with Crippen LogP contribution in [0.3, 0.4) is 0 Å². The maximum Gasteiger partial charge on any atom is 0.161 e. The molecule has 0 radical (unpaired) electrons. The summed E-state index contributed by atoms with van der Waals surface area (Å²) < 4.78 is 1.81. The predicted molar refractivity (Wildman–Crippen MR) is 57.5 cm³/mol. The van der Waals surface area contributed by atoms with Crippen molar-refractivity contribution >= 4 is 22.8 Å². The summed E-state index contributed by atoms with van der Waals surface area (Å²) in [6.07, 6.45) is 2.34. The van der Waals surface area contributed by atoms with Crippen LogP contribution in [0, 0.1) is 11.3 Å². The summed E-state index contributed by atoms with van der Waals surface area (Å²) in [5.41, 5.74) is 1.47. The van der Waals surface area contributed by atoms with E-state index >= 15 is 0 Å². The van der Waals surface area contributed by atoms with Crippen LogP contribution < -0.4 is 0 Å². The number of aromatic nitrogens is 3. The Hall–Kier alpha value is -1.60. The van der Waals surface area contributed by atoms with E-state index in [-0.39, 0.29) is 6.54 Å². The van der Waals surface area contributed by atoms with E-state index in [9.17, 15) is 0 Å². The molecule has 0 bridgehead atoms. The SMILES string of the molecule is CCc1nc2cc(Cl)cnc2n1CC#N. The molecule has 4 nitrogen and oxygen atoms in total. The van der Waals surface area contributed by atoms with Gasteiger partial charge < -0.3 is 0 Å². The zero-order chi connectivity index (χ0) is 10.8. The van der Waals surface area contributed by atoms with Gasteiger partial charge in [-0.3, -0.25) is 4.57 Å². The Kier molecular flexibility index (Phi) is 2.57. The van der Waals surface area contributed by atoms with Gasteiger partial charge >= 0.3 is 0 Å². The third-order valence-corrected chi connectivity index (χ3v) is 2.38. The van der Waals surface area contributed by atoms with Crippen molar-refractivity contribution in [2.45, 2.75) is 19.9 Å². The molecule has 2 rings (SSSR count). The summed E-state index contributed by atoms with van der Waals surface area (Å²) in [5, 5.41) is 9.28. The molecule has 76 valence electrons. The minimum absolute atomic E-state index is 0.272. The van der Waals surface area contributed by atoms with Crippen molar-refractivity contribution in [1.29, 1.82) is 5.26 Å². The molecule has 2 aromatic heterocycles. The van der Waals surface area contributed by atoms with Crippen LogP contribution in [-0.4, -0.2) is 14.5 Å². The highest BCUT2D eigenvalue weighted by Crippen LogP contribution is 2.18. The topological polar surface area (TPSA) is 54.5 Å². The third-order valence-electron chi connectivity index (χ3n) is 2.18. The van der Waals surface area contributed by atoms with Crippen molar-refractivity contribution in [2.24, 2.45) is 0 Å². The average Bonchev–Trinajstić information content (AvgIpc) is 2.56. The fourth-order valence-corrected chi connectivity index (χ4v) is 1.69. The molecule has 0 aromatic carbocycles. The standard InChI is InChI=1S/C10H9ClN4/c1-2-9-14-8-5-7(11)6-13-10(8)15(9)4-3-12/h5-6H,2,4H2,1H3. The summed E-state index contributed by atoms with van der Waals surface area (Å²) in [7, 11) is 0. The molecule has 0 saturated heterocycles. The van der Waals surface area contributed by atoms with Gasteiger partial charge in [-0.1, -0.05) is 18.5 Å². The molecule has 0 atom stereocenters. The second-order valence-corrected chi connectivity index (χ2v) is 3.56. The van der Waals surface area contributed by atoms with Crippen LogP contribution in [0.2, 0.25) is 5.02 Å². The number of hydrogen-bond donors (Lipinski definition) is 0. The first-order valence-electron chi connectivity index (χ1n) is 4.64. The molecule has 5 heteroatoms. The average molecular weight is 221 g/mol. The smallest absolute Gasteiger partial charge is 0.161 e. The maximum absolute atomic E-state index is 8.72. The molecule has 0 fully saturated rings. The Bertz CT molecular complexity index is 538. The second kappa shape index (κ2) is 3.87. The molecule has 0 aliphatic rings. The largest absolute Gasteiger partial charge is 0.299 e. The van der Waals surface area contributed by atoms with E-state index in [1.807, 2.05) is 11.5 Å². The second-order valence-electron chi connectivity index (χ2n) is 3.12. The molecule has 2 heterocycles. The zero-order valence-corrected chi connectivity index (χ0v) is 8.99. The van der Waals surface area contributed by atoms with Crippen molar-refractivity contribution < 1.29 is 0 Å². The lowest BCUT2D eigenvalue weighted by Gasteiger charge is -2.00. The van der Waals surface area contributed by atoms with Gasteiger partial charge in [-0.15, -0.1) is 0 Å². The van der Waals surface area contributed by atoms with Gasteiger partial charge in [-0.25, -0.2) is 9.97 Å². The molecule has 0 spiro atoms. The third kappa shape index (κ3) is 1.66. The summed E-state index contributed by atoms with van der Waals surface area (Å²) in [4.78, 5) is 8.56. The molecule has 0 aliphatic carbocycles. The van der Waals surface area contributed by atoms with Gasteiger partial charge in [0.05, 0.1) is 11.1 Å². The van der Waals surface area contributed by atoms with Crippen molar-refractivity contribution in [3.8, 4) is 6.07 Å². The van der Waals surface area contributed by atoms with Crippen molar-refractivity contribution in [3.05, 3.63) is 23.1 Å². The predicted octanol–water partition coefficient (Wildman–Crippen LogP) is 2.17. The molecule has 0 saturated carbocycles. The van der Waals surface area contributed by atoms with E-state index in [1.54, 1.807) is 12.3 Å². The number of nitriles is 1. The Morgan fingerprint density at radius 1 is 1.60 bits per heavy atom. The Morgan fingerprint density at radius 3 is 3.07 bits per heavy atom. The number of rotatable bonds is 2. The highest BCUT2D eigenvalue weighted by molar-refractivity contribution is 6.31. The van der Waals surface area contributed by atoms with Gasteiger partial charge in [0.1, 0.15) is 17.9 Å². The maximum atomic E-state index is 8.72. The van der Waals surface area contributed by atoms with Gasteiger partial charge in [0.15, 0.2) is 5.65 Å². The molecule has 0 unspecified atom stereocenters. The van der Waals surface area contributed by atoms with Gasteiger partial charge in [0.2, 0.25) is 0 Å². The molecular formula is C10H9ClN4. The Balaban J connectivity index is 2.70. The molecule has 15 heavy (non-hydrogen) atoms. The van der Waals surface area contributed by atoms with E-state index in [0.29, 0.717) is 5.02 Å². The summed E-state index contributed by atoms with van der Waals surface area (Å²) in [6.45, 7) is 2.27. The van der Waals surface area contributed by atoms with E-state index in [2.05, 4.69) is 16.0 Å². The fourth-order valence-electron chi connectivity index (χ4n) is 1.54. The number of fused-ring (bicyclic) bond motifs is 1. The lowest BCUT2D eigenvalue weighted by atomic mass is 10.4. The van der Waals surface area contributed by atoms with Crippen LogP contribution in [0.15, 0.2) is 12.3 Å². The number of imidazole rings is 1. The first-order chi connectivity index (χ1) is 7.26. The highest BCUT2D eigenvalue weighted by Gasteiger charge is 2.10. The number of aryl methyl sites for hydroxylation is 1. The molecule has 0 N–H and O–H groups in total. The van der Waals surface area contributed by atoms with Crippen LogP contribution in [0.25, 0.3) is 11.2 Å². The van der Waals surface area contributed by atoms with Crippen LogP contribution in [0.1, 0.15) is 12.7 Å². The molecule has 0 amide bonds. The highest BCUT2D eigenvalue weighted by atomic mass is 35.5. The Labute approximate surface area is 92.1 Å². The lowest BCUT2D eigenvalue weighted by molar-refractivity contribution is 0.769.